The molecule has 130 valence electrons. The van der Waals surface area contributed by atoms with Crippen LogP contribution in [0.1, 0.15) is 55.5 Å². The Kier molecular flexibility index (Phi) is 3.94. The lowest BCUT2D eigenvalue weighted by molar-refractivity contribution is -0.137. The number of carbonyl (C=O) groups is 1. The van der Waals surface area contributed by atoms with Crippen LogP contribution in [0.3, 0.4) is 0 Å². The van der Waals surface area contributed by atoms with Crippen LogP contribution in [0.5, 0.6) is 0 Å². The Morgan fingerprint density at radius 3 is 2.72 bits per heavy atom. The number of amides is 1. The summed E-state index contributed by atoms with van der Waals surface area (Å²) in [4.78, 5) is 23.9. The molecule has 1 aliphatic carbocycles. The zero-order valence-corrected chi connectivity index (χ0v) is 14.8. The molecule has 2 aliphatic rings. The molecule has 5 nitrogen and oxygen atoms in total. The van der Waals surface area contributed by atoms with Gasteiger partial charge in [-0.25, -0.2) is 9.97 Å². The molecule has 1 saturated carbocycles. The maximum Gasteiger partial charge on any atom is 0.226 e. The van der Waals surface area contributed by atoms with E-state index in [1.54, 1.807) is 0 Å². The fourth-order valence-electron chi connectivity index (χ4n) is 4.18. The Morgan fingerprint density at radius 2 is 2.00 bits per heavy atom. The lowest BCUT2D eigenvalue weighted by Gasteiger charge is -2.24. The van der Waals surface area contributed by atoms with Crippen molar-refractivity contribution in [2.45, 2.75) is 52.1 Å². The second-order valence-corrected chi connectivity index (χ2v) is 7.29. The van der Waals surface area contributed by atoms with Crippen LogP contribution >= 0.6 is 0 Å². The van der Waals surface area contributed by atoms with E-state index in [1.807, 2.05) is 24.0 Å². The standard InChI is InChI=1S/C20H24N4O/c1-12-6-5-9-15(10-12)18-16-11-24(19(25)14-7-3-4-8-14)13(2)17(16)22-20(21)23-18/h5-6,9-10,13-14H,3-4,7-8,11H2,1-2H3,(H2,21,22,23). The van der Waals surface area contributed by atoms with Gasteiger partial charge in [0, 0.05) is 17.0 Å². The van der Waals surface area contributed by atoms with Gasteiger partial charge >= 0.3 is 0 Å². The van der Waals surface area contributed by atoms with Crippen LogP contribution in [0.2, 0.25) is 0 Å². The highest BCUT2D eigenvalue weighted by Gasteiger charge is 2.38. The van der Waals surface area contributed by atoms with Crippen molar-refractivity contribution in [3.63, 3.8) is 0 Å². The number of aryl methyl sites for hydroxylation is 1. The van der Waals surface area contributed by atoms with Gasteiger partial charge in [0.15, 0.2) is 0 Å². The second kappa shape index (κ2) is 6.14. The molecule has 1 aliphatic heterocycles. The molecule has 0 radical (unpaired) electrons. The van der Waals surface area contributed by atoms with Gasteiger partial charge in [-0.3, -0.25) is 4.79 Å². The predicted molar refractivity (Wildman–Crippen MR) is 97.5 cm³/mol. The highest BCUT2D eigenvalue weighted by Crippen LogP contribution is 2.40. The van der Waals surface area contributed by atoms with Crippen LogP contribution in [0.25, 0.3) is 11.3 Å². The van der Waals surface area contributed by atoms with Gasteiger partial charge in [-0.15, -0.1) is 0 Å². The van der Waals surface area contributed by atoms with Crippen molar-refractivity contribution in [2.24, 2.45) is 5.92 Å². The van der Waals surface area contributed by atoms with Crippen molar-refractivity contribution in [2.75, 3.05) is 5.73 Å². The monoisotopic (exact) mass is 336 g/mol. The SMILES string of the molecule is Cc1cccc(-c2nc(N)nc3c2CN(C(=O)C2CCCC2)C3C)c1. The molecule has 4 rings (SSSR count). The molecule has 1 aromatic carbocycles. The summed E-state index contributed by atoms with van der Waals surface area (Å²) in [5.41, 5.74) is 11.0. The van der Waals surface area contributed by atoms with Gasteiger partial charge in [0.1, 0.15) is 0 Å². The normalized spacial score (nSPS) is 20.1. The molecule has 1 atom stereocenters. The molecule has 2 aromatic rings. The Labute approximate surface area is 148 Å². The van der Waals surface area contributed by atoms with Crippen LogP contribution in [-0.2, 0) is 11.3 Å². The van der Waals surface area contributed by atoms with Crippen molar-refractivity contribution in [3.8, 4) is 11.3 Å². The van der Waals surface area contributed by atoms with Crippen molar-refractivity contribution in [1.82, 2.24) is 14.9 Å². The van der Waals surface area contributed by atoms with E-state index in [4.69, 9.17) is 5.73 Å². The summed E-state index contributed by atoms with van der Waals surface area (Å²) in [5, 5.41) is 0. The Morgan fingerprint density at radius 1 is 1.24 bits per heavy atom. The number of rotatable bonds is 2. The van der Waals surface area contributed by atoms with Crippen molar-refractivity contribution in [3.05, 3.63) is 41.1 Å². The molecule has 0 saturated heterocycles. The number of fused-ring (bicyclic) bond motifs is 1. The van der Waals surface area contributed by atoms with Gasteiger partial charge in [-0.05, 0) is 32.8 Å². The molecule has 0 bridgehead atoms. The smallest absolute Gasteiger partial charge is 0.226 e. The van der Waals surface area contributed by atoms with E-state index < -0.39 is 0 Å². The number of hydrogen-bond donors (Lipinski definition) is 1. The van der Waals surface area contributed by atoms with E-state index >= 15 is 0 Å². The van der Waals surface area contributed by atoms with Gasteiger partial charge in [0.25, 0.3) is 0 Å². The average Bonchev–Trinajstić information content (AvgIpc) is 3.23. The quantitative estimate of drug-likeness (QED) is 0.909. The van der Waals surface area contributed by atoms with Gasteiger partial charge in [-0.2, -0.15) is 0 Å². The third kappa shape index (κ3) is 2.77. The highest BCUT2D eigenvalue weighted by molar-refractivity contribution is 5.81. The van der Waals surface area contributed by atoms with E-state index in [-0.39, 0.29) is 23.8 Å². The first kappa shape index (κ1) is 16.1. The van der Waals surface area contributed by atoms with E-state index in [1.165, 1.54) is 5.56 Å². The summed E-state index contributed by atoms with van der Waals surface area (Å²) >= 11 is 0. The molecule has 2 N–H and O–H groups in total. The van der Waals surface area contributed by atoms with Crippen molar-refractivity contribution < 1.29 is 4.79 Å². The van der Waals surface area contributed by atoms with Crippen LogP contribution in [0.15, 0.2) is 24.3 Å². The van der Waals surface area contributed by atoms with E-state index in [9.17, 15) is 4.79 Å². The first-order valence-electron chi connectivity index (χ1n) is 9.08. The summed E-state index contributed by atoms with van der Waals surface area (Å²) in [6.07, 6.45) is 4.34. The third-order valence-corrected chi connectivity index (χ3v) is 5.53. The fraction of sp³-hybridized carbons (Fsp3) is 0.450. The summed E-state index contributed by atoms with van der Waals surface area (Å²) in [7, 11) is 0. The van der Waals surface area contributed by atoms with E-state index in [0.29, 0.717) is 6.54 Å². The minimum absolute atomic E-state index is 0.0445. The number of nitrogen functional groups attached to an aromatic ring is 1. The largest absolute Gasteiger partial charge is 0.368 e. The molecular formula is C20H24N4O. The lowest BCUT2D eigenvalue weighted by atomic mass is 10.0. The van der Waals surface area contributed by atoms with Gasteiger partial charge in [0.05, 0.1) is 24.0 Å². The minimum atomic E-state index is -0.0445. The maximum atomic E-state index is 13.0. The van der Waals surface area contributed by atoms with Crippen LogP contribution in [0, 0.1) is 12.8 Å². The zero-order chi connectivity index (χ0) is 17.6. The molecule has 5 heteroatoms. The predicted octanol–water partition coefficient (Wildman–Crippen LogP) is 3.63. The van der Waals surface area contributed by atoms with Gasteiger partial charge < -0.3 is 10.6 Å². The zero-order valence-electron chi connectivity index (χ0n) is 14.8. The highest BCUT2D eigenvalue weighted by atomic mass is 16.2. The molecule has 25 heavy (non-hydrogen) atoms. The Bertz CT molecular complexity index is 826. The molecule has 1 aromatic heterocycles. The number of carbonyl (C=O) groups excluding carboxylic acids is 1. The summed E-state index contributed by atoms with van der Waals surface area (Å²) in [6, 6.07) is 8.19. The average molecular weight is 336 g/mol. The Balaban J connectivity index is 1.74. The summed E-state index contributed by atoms with van der Waals surface area (Å²) in [5.74, 6) is 0.707. The van der Waals surface area contributed by atoms with Crippen LogP contribution < -0.4 is 5.73 Å². The van der Waals surface area contributed by atoms with E-state index in [2.05, 4.69) is 29.0 Å². The number of aromatic nitrogens is 2. The topological polar surface area (TPSA) is 72.1 Å². The van der Waals surface area contributed by atoms with Crippen molar-refractivity contribution in [1.29, 1.82) is 0 Å². The van der Waals surface area contributed by atoms with E-state index in [0.717, 1.165) is 48.2 Å². The number of nitrogens with zero attached hydrogens (tertiary/aromatic N) is 3. The van der Waals surface area contributed by atoms with Gasteiger partial charge in [0.2, 0.25) is 11.9 Å². The second-order valence-electron chi connectivity index (χ2n) is 7.29. The number of nitrogens with two attached hydrogens (primary N) is 1. The lowest BCUT2D eigenvalue weighted by Crippen LogP contribution is -2.33. The fourth-order valence-corrected chi connectivity index (χ4v) is 4.18. The number of anilines is 1. The maximum absolute atomic E-state index is 13.0. The first-order chi connectivity index (χ1) is 12.0. The molecule has 2 heterocycles. The molecule has 1 amide bonds. The molecule has 1 fully saturated rings. The van der Waals surface area contributed by atoms with Crippen LogP contribution in [0.4, 0.5) is 5.95 Å². The molecule has 0 spiro atoms. The first-order valence-corrected chi connectivity index (χ1v) is 9.08. The number of hydrogen-bond acceptors (Lipinski definition) is 4. The minimum Gasteiger partial charge on any atom is -0.368 e. The third-order valence-electron chi connectivity index (χ3n) is 5.53. The Hall–Kier alpha value is -2.43. The number of benzene rings is 1. The van der Waals surface area contributed by atoms with Gasteiger partial charge in [-0.1, -0.05) is 36.6 Å². The summed E-state index contributed by atoms with van der Waals surface area (Å²) in [6.45, 7) is 4.69. The van der Waals surface area contributed by atoms with Crippen LogP contribution in [-0.4, -0.2) is 20.8 Å². The summed E-state index contributed by atoms with van der Waals surface area (Å²) < 4.78 is 0. The van der Waals surface area contributed by atoms with Crippen molar-refractivity contribution >= 4 is 11.9 Å². The molecular weight excluding hydrogens is 312 g/mol. The molecule has 1 unspecified atom stereocenters.